The Morgan fingerprint density at radius 1 is 1.14 bits per heavy atom. The van der Waals surface area contributed by atoms with Crippen LogP contribution in [0.5, 0.6) is 5.75 Å². The number of carbonyl (C=O) groups is 1. The summed E-state index contributed by atoms with van der Waals surface area (Å²) in [4.78, 5) is 12.5. The van der Waals surface area contributed by atoms with E-state index >= 15 is 0 Å². The fraction of sp³-hybridized carbons (Fsp3) is 0.381. The molecule has 7 heteroatoms. The number of anilines is 1. The number of unbranched alkanes of at least 4 members (excludes halogenated alkanes) is 1. The third kappa shape index (κ3) is 5.81. The van der Waals surface area contributed by atoms with Crippen LogP contribution in [0.2, 0.25) is 0 Å². The number of aryl methyl sites for hydroxylation is 2. The van der Waals surface area contributed by atoms with E-state index in [1.807, 2.05) is 24.3 Å². The molecule has 0 aliphatic carbocycles. The second-order valence-corrected chi connectivity index (χ2v) is 8.48. The highest BCUT2D eigenvalue weighted by molar-refractivity contribution is 7.89. The molecule has 2 aromatic carbocycles. The van der Waals surface area contributed by atoms with E-state index in [2.05, 4.69) is 17.0 Å². The summed E-state index contributed by atoms with van der Waals surface area (Å²) in [5, 5.41) is 2.74. The minimum atomic E-state index is -3.83. The highest BCUT2D eigenvalue weighted by Gasteiger charge is 2.22. The molecule has 2 N–H and O–H groups in total. The van der Waals surface area contributed by atoms with Crippen LogP contribution >= 0.6 is 0 Å². The molecule has 0 radical (unpaired) electrons. The second-order valence-electron chi connectivity index (χ2n) is 6.76. The molecule has 0 bridgehead atoms. The van der Waals surface area contributed by atoms with Gasteiger partial charge in [-0.2, -0.15) is 4.72 Å². The molecule has 0 unspecified atom stereocenters. The first kappa shape index (κ1) is 21.9. The van der Waals surface area contributed by atoms with E-state index in [0.717, 1.165) is 19.3 Å². The number of rotatable bonds is 9. The van der Waals surface area contributed by atoms with Crippen molar-refractivity contribution in [3.8, 4) is 5.75 Å². The molecular formula is C21H28N2O4S. The van der Waals surface area contributed by atoms with Crippen molar-refractivity contribution in [3.05, 3.63) is 53.6 Å². The van der Waals surface area contributed by atoms with Gasteiger partial charge in [0.1, 0.15) is 5.75 Å². The highest BCUT2D eigenvalue weighted by atomic mass is 32.2. The molecule has 152 valence electrons. The van der Waals surface area contributed by atoms with Gasteiger partial charge < -0.3 is 10.1 Å². The Hall–Kier alpha value is -2.38. The Balaban J connectivity index is 2.01. The molecule has 0 fully saturated rings. The van der Waals surface area contributed by atoms with Crippen molar-refractivity contribution in [2.24, 2.45) is 0 Å². The number of sulfonamides is 1. The summed E-state index contributed by atoms with van der Waals surface area (Å²) in [6.45, 7) is 5.42. The normalized spacial score (nSPS) is 12.4. The van der Waals surface area contributed by atoms with Crippen LogP contribution in [0.4, 0.5) is 5.69 Å². The largest absolute Gasteiger partial charge is 0.496 e. The maximum absolute atomic E-state index is 12.6. The Labute approximate surface area is 167 Å². The molecule has 0 aliphatic rings. The van der Waals surface area contributed by atoms with Crippen molar-refractivity contribution >= 4 is 21.6 Å². The minimum Gasteiger partial charge on any atom is -0.496 e. The Kier molecular flexibility index (Phi) is 7.60. The van der Waals surface area contributed by atoms with Gasteiger partial charge in [0.25, 0.3) is 0 Å². The molecule has 0 saturated heterocycles. The van der Waals surface area contributed by atoms with E-state index in [-0.39, 0.29) is 4.90 Å². The van der Waals surface area contributed by atoms with Crippen molar-refractivity contribution < 1.29 is 17.9 Å². The van der Waals surface area contributed by atoms with E-state index in [0.29, 0.717) is 17.0 Å². The number of benzene rings is 2. The summed E-state index contributed by atoms with van der Waals surface area (Å²) >= 11 is 0. The molecule has 6 nitrogen and oxygen atoms in total. The van der Waals surface area contributed by atoms with Gasteiger partial charge in [-0.15, -0.1) is 0 Å². The number of methoxy groups -OCH3 is 1. The van der Waals surface area contributed by atoms with Gasteiger partial charge in [-0.05, 0) is 68.1 Å². The number of ether oxygens (including phenoxy) is 1. The summed E-state index contributed by atoms with van der Waals surface area (Å²) in [6, 6.07) is 11.2. The van der Waals surface area contributed by atoms with Gasteiger partial charge in [0.2, 0.25) is 15.9 Å². The van der Waals surface area contributed by atoms with Crippen molar-refractivity contribution in [3.63, 3.8) is 0 Å². The van der Waals surface area contributed by atoms with Gasteiger partial charge >= 0.3 is 0 Å². The molecule has 2 rings (SSSR count). The molecule has 28 heavy (non-hydrogen) atoms. The fourth-order valence-corrected chi connectivity index (χ4v) is 4.05. The first-order valence-corrected chi connectivity index (χ1v) is 10.8. The van der Waals surface area contributed by atoms with E-state index in [4.69, 9.17) is 4.74 Å². The summed E-state index contributed by atoms with van der Waals surface area (Å²) in [6.07, 6.45) is 3.25. The predicted molar refractivity (Wildman–Crippen MR) is 111 cm³/mol. The van der Waals surface area contributed by atoms with Crippen LogP contribution in [0.1, 0.15) is 37.8 Å². The zero-order valence-corrected chi connectivity index (χ0v) is 17.6. The quantitative estimate of drug-likeness (QED) is 0.668. The van der Waals surface area contributed by atoms with E-state index < -0.39 is 22.0 Å². The third-order valence-corrected chi connectivity index (χ3v) is 5.98. The van der Waals surface area contributed by atoms with E-state index in [1.54, 1.807) is 13.0 Å². The molecule has 0 saturated carbocycles. The summed E-state index contributed by atoms with van der Waals surface area (Å²) in [5.41, 5.74) is 2.55. The maximum Gasteiger partial charge on any atom is 0.242 e. The monoisotopic (exact) mass is 404 g/mol. The van der Waals surface area contributed by atoms with Crippen LogP contribution in [0.25, 0.3) is 0 Å². The number of nitrogens with one attached hydrogen (secondary N) is 2. The summed E-state index contributed by atoms with van der Waals surface area (Å²) < 4.78 is 32.7. The molecule has 1 amide bonds. The van der Waals surface area contributed by atoms with Gasteiger partial charge in [-0.3, -0.25) is 4.79 Å². The van der Waals surface area contributed by atoms with Gasteiger partial charge in [-0.1, -0.05) is 25.5 Å². The molecule has 0 aliphatic heterocycles. The lowest BCUT2D eigenvalue weighted by Crippen LogP contribution is -2.41. The van der Waals surface area contributed by atoms with Gasteiger partial charge in [-0.25, -0.2) is 8.42 Å². The molecule has 0 aromatic heterocycles. The Bertz CT molecular complexity index is 909. The molecule has 0 heterocycles. The lowest BCUT2D eigenvalue weighted by molar-refractivity contribution is -0.117. The van der Waals surface area contributed by atoms with E-state index in [1.165, 1.54) is 31.7 Å². The van der Waals surface area contributed by atoms with Gasteiger partial charge in [0, 0.05) is 5.69 Å². The SMILES string of the molecule is CCCCc1ccc(NC(=O)[C@H](C)NS(=O)(=O)c2ccc(OC)c(C)c2)cc1. The third-order valence-electron chi connectivity index (χ3n) is 4.44. The first-order chi connectivity index (χ1) is 13.3. The standard InChI is InChI=1S/C21H28N2O4S/c1-5-6-7-17-8-10-18(11-9-17)22-21(24)16(3)23-28(25,26)19-12-13-20(27-4)15(2)14-19/h8-14,16,23H,5-7H2,1-4H3,(H,22,24)/t16-/m0/s1. The lowest BCUT2D eigenvalue weighted by atomic mass is 10.1. The Morgan fingerprint density at radius 3 is 2.39 bits per heavy atom. The predicted octanol–water partition coefficient (Wildman–Crippen LogP) is 3.65. The van der Waals surface area contributed by atoms with Crippen LogP contribution in [0.15, 0.2) is 47.4 Å². The van der Waals surface area contributed by atoms with E-state index in [9.17, 15) is 13.2 Å². The van der Waals surface area contributed by atoms with Crippen LogP contribution < -0.4 is 14.8 Å². The number of amides is 1. The van der Waals surface area contributed by atoms with Crippen molar-refractivity contribution in [2.45, 2.75) is 51.0 Å². The van der Waals surface area contributed by atoms with Gasteiger partial charge in [0.05, 0.1) is 18.0 Å². The smallest absolute Gasteiger partial charge is 0.242 e. The number of hydrogen-bond acceptors (Lipinski definition) is 4. The topological polar surface area (TPSA) is 84.5 Å². The fourth-order valence-electron chi connectivity index (χ4n) is 2.76. The van der Waals surface area contributed by atoms with Crippen LogP contribution in [-0.2, 0) is 21.2 Å². The number of carbonyl (C=O) groups excluding carboxylic acids is 1. The zero-order chi connectivity index (χ0) is 20.7. The van der Waals surface area contributed by atoms with Crippen LogP contribution in [-0.4, -0.2) is 27.5 Å². The van der Waals surface area contributed by atoms with Crippen LogP contribution in [0, 0.1) is 6.92 Å². The summed E-state index contributed by atoms with van der Waals surface area (Å²) in [7, 11) is -2.30. The van der Waals surface area contributed by atoms with Crippen LogP contribution in [0.3, 0.4) is 0 Å². The molecule has 2 aromatic rings. The van der Waals surface area contributed by atoms with Gasteiger partial charge in [0.15, 0.2) is 0 Å². The Morgan fingerprint density at radius 2 is 1.82 bits per heavy atom. The zero-order valence-electron chi connectivity index (χ0n) is 16.8. The lowest BCUT2D eigenvalue weighted by Gasteiger charge is -2.15. The minimum absolute atomic E-state index is 0.0886. The number of hydrogen-bond donors (Lipinski definition) is 2. The average Bonchev–Trinajstić information content (AvgIpc) is 2.67. The van der Waals surface area contributed by atoms with Crippen molar-refractivity contribution in [2.75, 3.05) is 12.4 Å². The van der Waals surface area contributed by atoms with Crippen molar-refractivity contribution in [1.29, 1.82) is 0 Å². The molecular weight excluding hydrogens is 376 g/mol. The highest BCUT2D eigenvalue weighted by Crippen LogP contribution is 2.21. The molecule has 0 spiro atoms. The average molecular weight is 405 g/mol. The molecule has 1 atom stereocenters. The first-order valence-electron chi connectivity index (χ1n) is 9.33. The van der Waals surface area contributed by atoms with Crippen molar-refractivity contribution in [1.82, 2.24) is 4.72 Å². The maximum atomic E-state index is 12.6. The summed E-state index contributed by atoms with van der Waals surface area (Å²) in [5.74, 6) is 0.183. The second kappa shape index (κ2) is 9.71.